The fraction of sp³-hybridized carbons (Fsp3) is 0.348. The van der Waals surface area contributed by atoms with Crippen molar-refractivity contribution in [2.45, 2.75) is 37.8 Å². The summed E-state index contributed by atoms with van der Waals surface area (Å²) in [6, 6.07) is 12.1. The number of aromatic nitrogens is 2. The highest BCUT2D eigenvalue weighted by molar-refractivity contribution is 7.92. The lowest BCUT2D eigenvalue weighted by Crippen LogP contribution is -2.36. The van der Waals surface area contributed by atoms with E-state index in [0.717, 1.165) is 12.7 Å². The van der Waals surface area contributed by atoms with E-state index in [4.69, 9.17) is 10.3 Å². The molecule has 0 unspecified atom stereocenters. The molecule has 4 rings (SSSR count). The van der Waals surface area contributed by atoms with Crippen LogP contribution >= 0.6 is 0 Å². The Morgan fingerprint density at radius 3 is 2.71 bits per heavy atom. The van der Waals surface area contributed by atoms with Crippen molar-refractivity contribution < 1.29 is 22.1 Å². The number of halogens is 1. The summed E-state index contributed by atoms with van der Waals surface area (Å²) >= 11 is 0. The van der Waals surface area contributed by atoms with Gasteiger partial charge in [0.15, 0.2) is 0 Å². The van der Waals surface area contributed by atoms with E-state index in [0.29, 0.717) is 41.5 Å². The van der Waals surface area contributed by atoms with E-state index in [2.05, 4.69) is 14.9 Å². The summed E-state index contributed by atoms with van der Waals surface area (Å²) < 4.78 is 44.5. The van der Waals surface area contributed by atoms with E-state index in [1.807, 2.05) is 0 Å². The molecule has 3 aromatic rings. The highest BCUT2D eigenvalue weighted by Crippen LogP contribution is 2.33. The first-order valence-electron chi connectivity index (χ1n) is 10.9. The normalized spacial score (nSPS) is 17.0. The Labute approximate surface area is 197 Å². The number of nitrogens with two attached hydrogens (primary N) is 1. The van der Waals surface area contributed by atoms with Crippen LogP contribution in [0.4, 0.5) is 10.1 Å². The van der Waals surface area contributed by atoms with Crippen LogP contribution in [-0.2, 0) is 21.2 Å². The van der Waals surface area contributed by atoms with Gasteiger partial charge in [-0.25, -0.2) is 12.8 Å². The lowest BCUT2D eigenvalue weighted by Gasteiger charge is -2.23. The van der Waals surface area contributed by atoms with Gasteiger partial charge in [-0.2, -0.15) is 4.98 Å². The van der Waals surface area contributed by atoms with E-state index in [9.17, 15) is 17.6 Å². The highest BCUT2D eigenvalue weighted by Gasteiger charge is 2.34. The number of nitrogens with zero attached hydrogens (tertiary/aromatic N) is 3. The summed E-state index contributed by atoms with van der Waals surface area (Å²) in [5.74, 6) is 0.212. The zero-order valence-electron chi connectivity index (χ0n) is 18.6. The van der Waals surface area contributed by atoms with Crippen molar-refractivity contribution in [1.82, 2.24) is 15.0 Å². The van der Waals surface area contributed by atoms with E-state index < -0.39 is 16.1 Å². The first-order valence-corrected chi connectivity index (χ1v) is 12.8. The number of hydrogen-bond acceptors (Lipinski definition) is 7. The first-order chi connectivity index (χ1) is 16.2. The number of carbonyl (C=O) groups excluding carboxylic acids is 1. The van der Waals surface area contributed by atoms with Gasteiger partial charge in [0, 0.05) is 30.3 Å². The molecule has 34 heavy (non-hydrogen) atoms. The standard InChI is InChI=1S/C23H26FN5O4S/c1-34(31,32)28-18-10-8-15(9-11-18)22-26-23(33-27-22)20-7-4-12-29(20)21(30)14-17(25)13-16-5-2-3-6-19(16)24/h2-3,5-6,8-11,17,20,28H,4,7,12-14,25H2,1H3/t17-,20+/m1/s1. The number of amides is 1. The van der Waals surface area contributed by atoms with Crippen LogP contribution in [0.5, 0.6) is 0 Å². The van der Waals surface area contributed by atoms with Crippen LogP contribution in [0.3, 0.4) is 0 Å². The summed E-state index contributed by atoms with van der Waals surface area (Å²) in [6.45, 7) is 0.555. The molecule has 3 N–H and O–H groups in total. The zero-order valence-corrected chi connectivity index (χ0v) is 19.5. The van der Waals surface area contributed by atoms with Gasteiger partial charge in [0.25, 0.3) is 0 Å². The molecular formula is C23H26FN5O4S. The molecule has 0 aliphatic carbocycles. The van der Waals surface area contributed by atoms with Crippen molar-refractivity contribution in [3.8, 4) is 11.4 Å². The predicted octanol–water partition coefficient (Wildman–Crippen LogP) is 2.87. The van der Waals surface area contributed by atoms with Gasteiger partial charge in [0.1, 0.15) is 11.9 Å². The smallest absolute Gasteiger partial charge is 0.249 e. The number of anilines is 1. The Morgan fingerprint density at radius 2 is 2.00 bits per heavy atom. The van der Waals surface area contributed by atoms with Crippen molar-refractivity contribution in [3.63, 3.8) is 0 Å². The summed E-state index contributed by atoms with van der Waals surface area (Å²) in [6.07, 6.45) is 2.91. The molecule has 2 heterocycles. The molecule has 0 bridgehead atoms. The van der Waals surface area contributed by atoms with Crippen LogP contribution in [0.2, 0.25) is 0 Å². The van der Waals surface area contributed by atoms with Gasteiger partial charge in [-0.3, -0.25) is 9.52 Å². The number of hydrogen-bond donors (Lipinski definition) is 2. The van der Waals surface area contributed by atoms with Crippen LogP contribution < -0.4 is 10.5 Å². The quantitative estimate of drug-likeness (QED) is 0.499. The van der Waals surface area contributed by atoms with Gasteiger partial charge in [0.2, 0.25) is 27.6 Å². The second kappa shape index (κ2) is 9.90. The lowest BCUT2D eigenvalue weighted by atomic mass is 10.0. The molecule has 2 atom stereocenters. The zero-order chi connectivity index (χ0) is 24.3. The number of likely N-dealkylation sites (tertiary alicyclic amines) is 1. The van der Waals surface area contributed by atoms with Gasteiger partial charge >= 0.3 is 0 Å². The van der Waals surface area contributed by atoms with E-state index in [1.54, 1.807) is 47.4 Å². The maximum atomic E-state index is 13.9. The fourth-order valence-corrected chi connectivity index (χ4v) is 4.64. The minimum absolute atomic E-state index is 0.0840. The highest BCUT2D eigenvalue weighted by atomic mass is 32.2. The Morgan fingerprint density at radius 1 is 1.26 bits per heavy atom. The van der Waals surface area contributed by atoms with Gasteiger partial charge in [-0.1, -0.05) is 23.4 Å². The van der Waals surface area contributed by atoms with Gasteiger partial charge < -0.3 is 15.2 Å². The number of rotatable bonds is 8. The van der Waals surface area contributed by atoms with Crippen molar-refractivity contribution in [1.29, 1.82) is 0 Å². The monoisotopic (exact) mass is 487 g/mol. The van der Waals surface area contributed by atoms with Crippen LogP contribution in [-0.4, -0.2) is 48.2 Å². The third-order valence-corrected chi connectivity index (χ3v) is 6.23. The molecule has 2 aromatic carbocycles. The number of benzene rings is 2. The average molecular weight is 488 g/mol. The average Bonchev–Trinajstić information content (AvgIpc) is 3.44. The fourth-order valence-electron chi connectivity index (χ4n) is 4.07. The van der Waals surface area contributed by atoms with Gasteiger partial charge in [-0.05, 0) is 55.2 Å². The SMILES string of the molecule is CS(=O)(=O)Nc1ccc(-c2noc([C@@H]3CCCN3C(=O)C[C@H](N)Cc3ccccc3F)n2)cc1. The van der Waals surface area contributed by atoms with Crippen molar-refractivity contribution in [2.75, 3.05) is 17.5 Å². The number of carbonyl (C=O) groups is 1. The molecular weight excluding hydrogens is 461 g/mol. The molecule has 9 nitrogen and oxygen atoms in total. The molecule has 0 radical (unpaired) electrons. The molecule has 1 amide bonds. The van der Waals surface area contributed by atoms with Crippen molar-refractivity contribution in [2.24, 2.45) is 5.73 Å². The second-order valence-electron chi connectivity index (χ2n) is 8.41. The van der Waals surface area contributed by atoms with Crippen molar-refractivity contribution >= 4 is 21.6 Å². The second-order valence-corrected chi connectivity index (χ2v) is 10.2. The van der Waals surface area contributed by atoms with Crippen molar-refractivity contribution in [3.05, 3.63) is 65.8 Å². The van der Waals surface area contributed by atoms with E-state index >= 15 is 0 Å². The Balaban J connectivity index is 1.41. The largest absolute Gasteiger partial charge is 0.337 e. The van der Waals surface area contributed by atoms with Crippen LogP contribution in [0, 0.1) is 5.82 Å². The molecule has 1 fully saturated rings. The van der Waals surface area contributed by atoms with Gasteiger partial charge in [0.05, 0.1) is 6.26 Å². The number of sulfonamides is 1. The molecule has 1 aliphatic rings. The van der Waals surface area contributed by atoms with Crippen LogP contribution in [0.15, 0.2) is 53.1 Å². The first kappa shape index (κ1) is 23.8. The third-order valence-electron chi connectivity index (χ3n) is 5.62. The molecule has 180 valence electrons. The summed E-state index contributed by atoms with van der Waals surface area (Å²) in [5, 5.41) is 4.03. The predicted molar refractivity (Wildman–Crippen MR) is 125 cm³/mol. The molecule has 1 saturated heterocycles. The maximum Gasteiger partial charge on any atom is 0.249 e. The Bertz CT molecular complexity index is 1260. The Hall–Kier alpha value is -3.31. The minimum Gasteiger partial charge on any atom is -0.337 e. The summed E-state index contributed by atoms with van der Waals surface area (Å²) in [4.78, 5) is 19.1. The molecule has 0 spiro atoms. The van der Waals surface area contributed by atoms with Crippen LogP contribution in [0.25, 0.3) is 11.4 Å². The maximum absolute atomic E-state index is 13.9. The Kier molecular flexibility index (Phi) is 6.94. The lowest BCUT2D eigenvalue weighted by molar-refractivity contribution is -0.132. The summed E-state index contributed by atoms with van der Waals surface area (Å²) in [7, 11) is -3.37. The molecule has 1 aromatic heterocycles. The molecule has 1 aliphatic heterocycles. The third kappa shape index (κ3) is 5.78. The summed E-state index contributed by atoms with van der Waals surface area (Å²) in [5.41, 5.74) is 7.71. The minimum atomic E-state index is -3.37. The van der Waals surface area contributed by atoms with E-state index in [1.165, 1.54) is 6.07 Å². The van der Waals surface area contributed by atoms with Crippen LogP contribution in [0.1, 0.15) is 36.8 Å². The number of nitrogens with one attached hydrogen (secondary N) is 1. The molecule has 0 saturated carbocycles. The topological polar surface area (TPSA) is 131 Å². The van der Waals surface area contributed by atoms with E-state index in [-0.39, 0.29) is 30.6 Å². The van der Waals surface area contributed by atoms with Gasteiger partial charge in [-0.15, -0.1) is 0 Å². The molecule has 11 heteroatoms.